The first-order valence-electron chi connectivity index (χ1n) is 5.05. The highest BCUT2D eigenvalue weighted by Crippen LogP contribution is 2.17. The highest BCUT2D eigenvalue weighted by atomic mass is 35.5. The average Bonchev–Trinajstić information content (AvgIpc) is 2.26. The second-order valence-electron chi connectivity index (χ2n) is 3.42. The van der Waals surface area contributed by atoms with Gasteiger partial charge in [-0.1, -0.05) is 23.7 Å². The molecule has 0 unspecified atom stereocenters. The van der Waals surface area contributed by atoms with E-state index in [1.807, 2.05) is 12.1 Å². The van der Waals surface area contributed by atoms with Crippen LogP contribution < -0.4 is 11.1 Å². The fourth-order valence-corrected chi connectivity index (χ4v) is 1.52. The molecule has 4 heteroatoms. The zero-order valence-electron chi connectivity index (χ0n) is 9.00. The SMILES string of the molecule is C=CCCNCc1ccc(C(N)=O)cc1Cl. The summed E-state index contributed by atoms with van der Waals surface area (Å²) in [4.78, 5) is 10.9. The van der Waals surface area contributed by atoms with Crippen molar-refractivity contribution in [3.8, 4) is 0 Å². The van der Waals surface area contributed by atoms with Crippen molar-refractivity contribution in [1.29, 1.82) is 0 Å². The summed E-state index contributed by atoms with van der Waals surface area (Å²) < 4.78 is 0. The molecule has 1 rings (SSSR count). The Morgan fingerprint density at radius 3 is 2.88 bits per heavy atom. The number of nitrogens with one attached hydrogen (secondary N) is 1. The van der Waals surface area contributed by atoms with E-state index in [1.165, 1.54) is 0 Å². The van der Waals surface area contributed by atoms with Crippen LogP contribution >= 0.6 is 11.6 Å². The molecular formula is C12H15ClN2O. The average molecular weight is 239 g/mol. The number of primary amides is 1. The van der Waals surface area contributed by atoms with Crippen molar-refractivity contribution in [3.63, 3.8) is 0 Å². The van der Waals surface area contributed by atoms with Crippen molar-refractivity contribution in [1.82, 2.24) is 5.32 Å². The fraction of sp³-hybridized carbons (Fsp3) is 0.250. The maximum Gasteiger partial charge on any atom is 0.248 e. The molecule has 0 heterocycles. The number of carbonyl (C=O) groups is 1. The number of amides is 1. The maximum atomic E-state index is 10.9. The van der Waals surface area contributed by atoms with Gasteiger partial charge in [0, 0.05) is 17.1 Å². The minimum atomic E-state index is -0.465. The van der Waals surface area contributed by atoms with E-state index < -0.39 is 5.91 Å². The van der Waals surface area contributed by atoms with E-state index in [0.717, 1.165) is 18.5 Å². The van der Waals surface area contributed by atoms with Gasteiger partial charge in [-0.05, 0) is 30.7 Å². The Bertz CT molecular complexity index is 391. The number of carbonyl (C=O) groups excluding carboxylic acids is 1. The molecule has 0 atom stereocenters. The van der Waals surface area contributed by atoms with Crippen LogP contribution in [0.1, 0.15) is 22.3 Å². The third-order valence-corrected chi connectivity index (χ3v) is 2.53. The lowest BCUT2D eigenvalue weighted by Gasteiger charge is -2.06. The molecule has 0 aliphatic rings. The molecule has 0 bridgehead atoms. The number of hydrogen-bond acceptors (Lipinski definition) is 2. The highest BCUT2D eigenvalue weighted by molar-refractivity contribution is 6.31. The Balaban J connectivity index is 2.61. The Labute approximate surface area is 100 Å². The molecule has 0 aromatic heterocycles. The minimum absolute atomic E-state index is 0.430. The monoisotopic (exact) mass is 238 g/mol. The number of halogens is 1. The van der Waals surface area contributed by atoms with Crippen molar-refractivity contribution in [2.45, 2.75) is 13.0 Å². The van der Waals surface area contributed by atoms with E-state index in [-0.39, 0.29) is 0 Å². The van der Waals surface area contributed by atoms with E-state index in [9.17, 15) is 4.79 Å². The van der Waals surface area contributed by atoms with Crippen LogP contribution in [0.2, 0.25) is 5.02 Å². The summed E-state index contributed by atoms with van der Waals surface area (Å²) in [7, 11) is 0. The molecule has 0 saturated carbocycles. The number of nitrogens with two attached hydrogens (primary N) is 1. The summed E-state index contributed by atoms with van der Waals surface area (Å²) in [6.07, 6.45) is 2.77. The number of hydrogen-bond donors (Lipinski definition) is 2. The summed E-state index contributed by atoms with van der Waals surface area (Å²) in [6, 6.07) is 5.08. The van der Waals surface area contributed by atoms with E-state index in [1.54, 1.807) is 12.1 Å². The van der Waals surface area contributed by atoms with Crippen LogP contribution in [-0.4, -0.2) is 12.5 Å². The molecule has 86 valence electrons. The standard InChI is InChI=1S/C12H15ClN2O/c1-2-3-6-15-8-10-5-4-9(12(14)16)7-11(10)13/h2,4-5,7,15H,1,3,6,8H2,(H2,14,16). The first kappa shape index (κ1) is 12.7. The third-order valence-electron chi connectivity index (χ3n) is 2.18. The van der Waals surface area contributed by atoms with Crippen molar-refractivity contribution in [3.05, 3.63) is 47.0 Å². The van der Waals surface area contributed by atoms with Gasteiger partial charge in [0.05, 0.1) is 0 Å². The largest absolute Gasteiger partial charge is 0.366 e. The van der Waals surface area contributed by atoms with Gasteiger partial charge in [0.25, 0.3) is 0 Å². The minimum Gasteiger partial charge on any atom is -0.366 e. The Kier molecular flexibility index (Phi) is 5.02. The quantitative estimate of drug-likeness (QED) is 0.589. The summed E-state index contributed by atoms with van der Waals surface area (Å²) in [6.45, 7) is 5.17. The van der Waals surface area contributed by atoms with E-state index >= 15 is 0 Å². The number of benzene rings is 1. The van der Waals surface area contributed by atoms with Crippen LogP contribution in [0.15, 0.2) is 30.9 Å². The molecule has 1 amide bonds. The second kappa shape index (κ2) is 6.30. The van der Waals surface area contributed by atoms with E-state index in [2.05, 4.69) is 11.9 Å². The van der Waals surface area contributed by atoms with Gasteiger partial charge in [0.1, 0.15) is 0 Å². The first-order valence-corrected chi connectivity index (χ1v) is 5.42. The molecule has 1 aromatic rings. The molecule has 0 saturated heterocycles. The van der Waals surface area contributed by atoms with E-state index in [4.69, 9.17) is 17.3 Å². The third kappa shape index (κ3) is 3.68. The summed E-state index contributed by atoms with van der Waals surface area (Å²) in [5, 5.41) is 3.78. The Hall–Kier alpha value is -1.32. The lowest BCUT2D eigenvalue weighted by molar-refractivity contribution is 0.100. The smallest absolute Gasteiger partial charge is 0.248 e. The van der Waals surface area contributed by atoms with Crippen LogP contribution in [0.25, 0.3) is 0 Å². The van der Waals surface area contributed by atoms with Gasteiger partial charge in [0.15, 0.2) is 0 Å². The summed E-state index contributed by atoms with van der Waals surface area (Å²) in [5.41, 5.74) is 6.53. The topological polar surface area (TPSA) is 55.1 Å². The molecule has 0 spiro atoms. The lowest BCUT2D eigenvalue weighted by atomic mass is 10.1. The van der Waals surface area contributed by atoms with Gasteiger partial charge < -0.3 is 11.1 Å². The van der Waals surface area contributed by atoms with Crippen molar-refractivity contribution >= 4 is 17.5 Å². The normalized spacial score (nSPS) is 10.1. The van der Waals surface area contributed by atoms with Crippen molar-refractivity contribution in [2.75, 3.05) is 6.54 Å². The zero-order valence-corrected chi connectivity index (χ0v) is 9.76. The van der Waals surface area contributed by atoms with Gasteiger partial charge in [-0.2, -0.15) is 0 Å². The summed E-state index contributed by atoms with van der Waals surface area (Å²) in [5.74, 6) is -0.465. The molecule has 3 N–H and O–H groups in total. The van der Waals surface area contributed by atoms with Gasteiger partial charge in [0.2, 0.25) is 5.91 Å². The van der Waals surface area contributed by atoms with Gasteiger partial charge in [-0.15, -0.1) is 6.58 Å². The van der Waals surface area contributed by atoms with Crippen LogP contribution in [0.4, 0.5) is 0 Å². The van der Waals surface area contributed by atoms with Crippen molar-refractivity contribution < 1.29 is 4.79 Å². The predicted octanol–water partition coefficient (Wildman–Crippen LogP) is 2.10. The van der Waals surface area contributed by atoms with Gasteiger partial charge >= 0.3 is 0 Å². The van der Waals surface area contributed by atoms with Crippen molar-refractivity contribution in [2.24, 2.45) is 5.73 Å². The Morgan fingerprint density at radius 2 is 2.31 bits per heavy atom. The van der Waals surface area contributed by atoms with Crippen LogP contribution in [-0.2, 0) is 6.54 Å². The Morgan fingerprint density at radius 1 is 1.56 bits per heavy atom. The molecule has 0 fully saturated rings. The van der Waals surface area contributed by atoms with Crippen LogP contribution in [0, 0.1) is 0 Å². The van der Waals surface area contributed by atoms with E-state index in [0.29, 0.717) is 17.1 Å². The van der Waals surface area contributed by atoms with Gasteiger partial charge in [-0.3, -0.25) is 4.79 Å². The fourth-order valence-electron chi connectivity index (χ4n) is 1.27. The molecule has 0 aliphatic carbocycles. The molecule has 3 nitrogen and oxygen atoms in total. The van der Waals surface area contributed by atoms with Crippen LogP contribution in [0.5, 0.6) is 0 Å². The lowest BCUT2D eigenvalue weighted by Crippen LogP contribution is -2.15. The van der Waals surface area contributed by atoms with Crippen LogP contribution in [0.3, 0.4) is 0 Å². The second-order valence-corrected chi connectivity index (χ2v) is 3.83. The molecular weight excluding hydrogens is 224 g/mol. The highest BCUT2D eigenvalue weighted by Gasteiger charge is 2.04. The number of rotatable bonds is 6. The molecule has 0 aliphatic heterocycles. The molecule has 16 heavy (non-hydrogen) atoms. The maximum absolute atomic E-state index is 10.9. The molecule has 0 radical (unpaired) electrons. The summed E-state index contributed by atoms with van der Waals surface area (Å²) >= 11 is 6.02. The predicted molar refractivity (Wildman–Crippen MR) is 66.5 cm³/mol. The zero-order chi connectivity index (χ0) is 12.0. The van der Waals surface area contributed by atoms with Gasteiger partial charge in [-0.25, -0.2) is 0 Å². The molecule has 1 aromatic carbocycles. The first-order chi connectivity index (χ1) is 7.65.